The molecular formula is C28H51N. The highest BCUT2D eigenvalue weighted by atomic mass is 14.4. The fraction of sp³-hybridized carbons (Fsp3) is 0.964. The molecule has 2 aliphatic carbocycles. The van der Waals surface area contributed by atoms with Gasteiger partial charge in [-0.15, -0.1) is 0 Å². The lowest BCUT2D eigenvalue weighted by molar-refractivity contribution is 0.162. The Bertz CT molecular complexity index is 432. The molecule has 2 rings (SSSR count). The van der Waals surface area contributed by atoms with Crippen LogP contribution in [0.4, 0.5) is 0 Å². The van der Waals surface area contributed by atoms with E-state index in [2.05, 4.69) is 19.9 Å². The fourth-order valence-electron chi connectivity index (χ4n) is 6.12. The van der Waals surface area contributed by atoms with Crippen molar-refractivity contribution < 1.29 is 0 Å². The molecule has 2 fully saturated rings. The van der Waals surface area contributed by atoms with E-state index in [-0.39, 0.29) is 5.41 Å². The molecule has 0 saturated heterocycles. The van der Waals surface area contributed by atoms with Gasteiger partial charge in [0, 0.05) is 0 Å². The standard InChI is InChI=1S/C28H51N/c1-3-5-7-9-11-13-26-18-21-28(24-29,22-19-26)23-20-27-16-14-25(15-17-27)12-10-8-6-4-2/h25-27H,3-23H2,1-2H3. The van der Waals surface area contributed by atoms with Gasteiger partial charge in [0.1, 0.15) is 0 Å². The molecule has 0 aromatic rings. The quantitative estimate of drug-likeness (QED) is 0.266. The largest absolute Gasteiger partial charge is 0.198 e. The van der Waals surface area contributed by atoms with Gasteiger partial charge in [0.15, 0.2) is 0 Å². The zero-order valence-corrected chi connectivity index (χ0v) is 20.0. The van der Waals surface area contributed by atoms with E-state index in [1.54, 1.807) is 0 Å². The zero-order chi connectivity index (χ0) is 20.8. The highest BCUT2D eigenvalue weighted by Gasteiger charge is 2.36. The first-order chi connectivity index (χ1) is 14.2. The first kappa shape index (κ1) is 24.8. The highest BCUT2D eigenvalue weighted by Crippen LogP contribution is 2.45. The lowest BCUT2D eigenvalue weighted by Crippen LogP contribution is -2.27. The third kappa shape index (κ3) is 9.44. The van der Waals surface area contributed by atoms with Crippen LogP contribution >= 0.6 is 0 Å². The van der Waals surface area contributed by atoms with Crippen LogP contribution in [-0.2, 0) is 0 Å². The molecule has 0 bridgehead atoms. The number of nitriles is 1. The number of nitrogens with zero attached hydrogens (tertiary/aromatic N) is 1. The van der Waals surface area contributed by atoms with E-state index in [1.807, 2.05) is 0 Å². The summed E-state index contributed by atoms with van der Waals surface area (Å²) in [5, 5.41) is 9.96. The van der Waals surface area contributed by atoms with Crippen LogP contribution in [-0.4, -0.2) is 0 Å². The molecule has 168 valence electrons. The maximum Gasteiger partial charge on any atom is 0.0689 e. The second kappa shape index (κ2) is 14.5. The summed E-state index contributed by atoms with van der Waals surface area (Å²) in [7, 11) is 0. The Hall–Kier alpha value is -0.510. The minimum Gasteiger partial charge on any atom is -0.198 e. The molecule has 0 N–H and O–H groups in total. The van der Waals surface area contributed by atoms with Crippen LogP contribution in [0.1, 0.15) is 149 Å². The Morgan fingerprint density at radius 1 is 0.621 bits per heavy atom. The molecule has 2 saturated carbocycles. The minimum atomic E-state index is 0.0374. The third-order valence-electron chi connectivity index (χ3n) is 8.48. The van der Waals surface area contributed by atoms with Gasteiger partial charge in [-0.25, -0.2) is 0 Å². The van der Waals surface area contributed by atoms with Crippen LogP contribution in [0.5, 0.6) is 0 Å². The molecule has 0 unspecified atom stereocenters. The minimum absolute atomic E-state index is 0.0374. The van der Waals surface area contributed by atoms with Gasteiger partial charge in [-0.05, 0) is 56.3 Å². The summed E-state index contributed by atoms with van der Waals surface area (Å²) >= 11 is 0. The molecule has 1 nitrogen and oxygen atoms in total. The van der Waals surface area contributed by atoms with E-state index in [1.165, 1.54) is 135 Å². The molecule has 0 amide bonds. The SMILES string of the molecule is CCCCCCCC1CCC(C#N)(CCC2CCC(CCCCCC)CC2)CC1. The summed E-state index contributed by atoms with van der Waals surface area (Å²) in [5.74, 6) is 2.85. The molecule has 1 heteroatoms. The van der Waals surface area contributed by atoms with Gasteiger partial charge in [-0.3, -0.25) is 0 Å². The Morgan fingerprint density at radius 2 is 1.07 bits per heavy atom. The molecule has 0 aromatic carbocycles. The molecule has 0 aromatic heterocycles. The second-order valence-corrected chi connectivity index (χ2v) is 10.8. The predicted molar refractivity (Wildman–Crippen MR) is 127 cm³/mol. The third-order valence-corrected chi connectivity index (χ3v) is 8.48. The van der Waals surface area contributed by atoms with E-state index in [9.17, 15) is 5.26 Å². The summed E-state index contributed by atoms with van der Waals surface area (Å²) < 4.78 is 0. The monoisotopic (exact) mass is 401 g/mol. The van der Waals surface area contributed by atoms with Gasteiger partial charge in [-0.1, -0.05) is 110 Å². The first-order valence-electron chi connectivity index (χ1n) is 13.6. The van der Waals surface area contributed by atoms with Crippen LogP contribution in [0, 0.1) is 34.5 Å². The van der Waals surface area contributed by atoms with Crippen LogP contribution in [0.3, 0.4) is 0 Å². The lowest BCUT2D eigenvalue weighted by atomic mass is 9.66. The fourth-order valence-corrected chi connectivity index (χ4v) is 6.12. The van der Waals surface area contributed by atoms with E-state index < -0.39 is 0 Å². The molecule has 0 aliphatic heterocycles. The highest BCUT2D eigenvalue weighted by molar-refractivity contribution is 5.01. The first-order valence-corrected chi connectivity index (χ1v) is 13.6. The van der Waals surface area contributed by atoms with Crippen molar-refractivity contribution in [2.45, 2.75) is 149 Å². The van der Waals surface area contributed by atoms with Gasteiger partial charge < -0.3 is 0 Å². The van der Waals surface area contributed by atoms with Crippen molar-refractivity contribution in [3.05, 3.63) is 0 Å². The maximum atomic E-state index is 9.96. The van der Waals surface area contributed by atoms with E-state index >= 15 is 0 Å². The topological polar surface area (TPSA) is 23.8 Å². The Kier molecular flexibility index (Phi) is 12.4. The Morgan fingerprint density at radius 3 is 1.59 bits per heavy atom. The van der Waals surface area contributed by atoms with Crippen LogP contribution in [0.2, 0.25) is 0 Å². The average Bonchev–Trinajstić information content (AvgIpc) is 2.77. The van der Waals surface area contributed by atoms with Crippen LogP contribution < -0.4 is 0 Å². The number of unbranched alkanes of at least 4 members (excludes halogenated alkanes) is 7. The van der Waals surface area contributed by atoms with Crippen molar-refractivity contribution in [3.8, 4) is 6.07 Å². The molecule has 0 spiro atoms. The molecule has 29 heavy (non-hydrogen) atoms. The smallest absolute Gasteiger partial charge is 0.0689 e. The Labute approximate surface area is 183 Å². The van der Waals surface area contributed by atoms with E-state index in [0.717, 1.165) is 17.8 Å². The molecule has 2 aliphatic rings. The zero-order valence-electron chi connectivity index (χ0n) is 20.0. The summed E-state index contributed by atoms with van der Waals surface area (Å²) in [5.41, 5.74) is 0.0374. The van der Waals surface area contributed by atoms with Crippen molar-refractivity contribution in [3.63, 3.8) is 0 Å². The molecular weight excluding hydrogens is 350 g/mol. The second-order valence-electron chi connectivity index (χ2n) is 10.8. The Balaban J connectivity index is 1.59. The molecule has 0 heterocycles. The average molecular weight is 402 g/mol. The van der Waals surface area contributed by atoms with E-state index in [0.29, 0.717) is 0 Å². The van der Waals surface area contributed by atoms with Gasteiger partial charge in [0.2, 0.25) is 0 Å². The molecule has 0 radical (unpaired) electrons. The van der Waals surface area contributed by atoms with Crippen molar-refractivity contribution in [1.82, 2.24) is 0 Å². The summed E-state index contributed by atoms with van der Waals surface area (Å²) in [6.45, 7) is 4.60. The van der Waals surface area contributed by atoms with Gasteiger partial charge in [0.25, 0.3) is 0 Å². The molecule has 0 atom stereocenters. The van der Waals surface area contributed by atoms with Crippen molar-refractivity contribution in [2.75, 3.05) is 0 Å². The summed E-state index contributed by atoms with van der Waals surface area (Å²) in [4.78, 5) is 0. The summed E-state index contributed by atoms with van der Waals surface area (Å²) in [6, 6.07) is 2.81. The number of hydrogen-bond acceptors (Lipinski definition) is 1. The normalized spacial score (nSPS) is 30.2. The summed E-state index contributed by atoms with van der Waals surface area (Å²) in [6.07, 6.45) is 29.0. The van der Waals surface area contributed by atoms with Crippen LogP contribution in [0.25, 0.3) is 0 Å². The predicted octanol–water partition coefficient (Wildman–Crippen LogP) is 9.60. The van der Waals surface area contributed by atoms with Crippen molar-refractivity contribution >= 4 is 0 Å². The van der Waals surface area contributed by atoms with E-state index in [4.69, 9.17) is 0 Å². The lowest BCUT2D eigenvalue weighted by Gasteiger charge is -2.37. The van der Waals surface area contributed by atoms with Gasteiger partial charge in [-0.2, -0.15) is 5.26 Å². The van der Waals surface area contributed by atoms with Gasteiger partial charge in [0.05, 0.1) is 11.5 Å². The maximum absolute atomic E-state index is 9.96. The van der Waals surface area contributed by atoms with Gasteiger partial charge >= 0.3 is 0 Å². The van der Waals surface area contributed by atoms with Crippen molar-refractivity contribution in [2.24, 2.45) is 23.2 Å². The van der Waals surface area contributed by atoms with Crippen molar-refractivity contribution in [1.29, 1.82) is 5.26 Å². The number of hydrogen-bond donors (Lipinski definition) is 0. The van der Waals surface area contributed by atoms with Crippen LogP contribution in [0.15, 0.2) is 0 Å². The number of rotatable bonds is 14.